The first-order valence-corrected chi connectivity index (χ1v) is 8.05. The van der Waals surface area contributed by atoms with Gasteiger partial charge in [0.1, 0.15) is 5.75 Å². The van der Waals surface area contributed by atoms with E-state index in [0.717, 1.165) is 12.8 Å². The number of carbonyl (C=O) groups excluding carboxylic acids is 2. The van der Waals surface area contributed by atoms with Gasteiger partial charge in [-0.1, -0.05) is 11.6 Å². The van der Waals surface area contributed by atoms with Crippen molar-refractivity contribution < 1.29 is 24.2 Å². The molecule has 0 unspecified atom stereocenters. The summed E-state index contributed by atoms with van der Waals surface area (Å²) in [5.41, 5.74) is 0.495. The molecule has 1 saturated carbocycles. The van der Waals surface area contributed by atoms with Crippen LogP contribution in [-0.4, -0.2) is 36.0 Å². The largest absolute Gasteiger partial charge is 0.480 e. The molecule has 0 saturated heterocycles. The molecular formula is C16H19ClN2O5. The standard InChI is InChI=1S/C16H19ClN2O5/c17-12-8-11(5-6-13(12)24-9-15(21)22)19-14(20)2-1-7-18-16(23)10-3-4-10/h5-6,8,10H,1-4,7,9H2,(H,18,23)(H,19,20)(H,21,22). The van der Waals surface area contributed by atoms with Crippen LogP contribution in [0.2, 0.25) is 5.02 Å². The second-order valence-corrected chi connectivity index (χ2v) is 5.95. The molecule has 1 fully saturated rings. The number of benzene rings is 1. The average Bonchev–Trinajstić information content (AvgIpc) is 3.35. The number of carboxylic acid groups (broad SMARTS) is 1. The van der Waals surface area contributed by atoms with E-state index in [0.29, 0.717) is 18.7 Å². The van der Waals surface area contributed by atoms with Gasteiger partial charge in [0, 0.05) is 24.6 Å². The second kappa shape index (κ2) is 8.54. The molecule has 3 N–H and O–H groups in total. The van der Waals surface area contributed by atoms with Crippen molar-refractivity contribution >= 4 is 35.1 Å². The highest BCUT2D eigenvalue weighted by Crippen LogP contribution is 2.29. The Morgan fingerprint density at radius 3 is 2.67 bits per heavy atom. The van der Waals surface area contributed by atoms with Crippen molar-refractivity contribution in [3.8, 4) is 5.75 Å². The third-order valence-corrected chi connectivity index (χ3v) is 3.69. The van der Waals surface area contributed by atoms with Gasteiger partial charge in [-0.3, -0.25) is 9.59 Å². The van der Waals surface area contributed by atoms with Crippen LogP contribution in [0.4, 0.5) is 5.69 Å². The third-order valence-electron chi connectivity index (χ3n) is 3.39. The number of rotatable bonds is 9. The van der Waals surface area contributed by atoms with Crippen molar-refractivity contribution in [2.45, 2.75) is 25.7 Å². The maximum Gasteiger partial charge on any atom is 0.341 e. The van der Waals surface area contributed by atoms with Gasteiger partial charge in [-0.05, 0) is 37.5 Å². The first kappa shape index (κ1) is 18.1. The molecule has 24 heavy (non-hydrogen) atoms. The summed E-state index contributed by atoms with van der Waals surface area (Å²) in [5, 5.41) is 14.3. The van der Waals surface area contributed by atoms with Crippen LogP contribution in [-0.2, 0) is 14.4 Å². The van der Waals surface area contributed by atoms with Gasteiger partial charge in [0.15, 0.2) is 6.61 Å². The SMILES string of the molecule is O=C(O)COc1ccc(NC(=O)CCCNC(=O)C2CC2)cc1Cl. The molecule has 0 bridgehead atoms. The Morgan fingerprint density at radius 1 is 1.29 bits per heavy atom. The Kier molecular flexibility index (Phi) is 6.43. The Bertz CT molecular complexity index is 631. The molecule has 1 aromatic rings. The van der Waals surface area contributed by atoms with Gasteiger partial charge in [0.25, 0.3) is 0 Å². The normalized spacial score (nSPS) is 13.2. The predicted molar refractivity (Wildman–Crippen MR) is 88.2 cm³/mol. The average molecular weight is 355 g/mol. The number of nitrogens with one attached hydrogen (secondary N) is 2. The Balaban J connectivity index is 1.71. The van der Waals surface area contributed by atoms with Crippen molar-refractivity contribution in [1.29, 1.82) is 0 Å². The van der Waals surface area contributed by atoms with Crippen molar-refractivity contribution in [2.75, 3.05) is 18.5 Å². The Morgan fingerprint density at radius 2 is 2.04 bits per heavy atom. The molecule has 0 aromatic heterocycles. The van der Waals surface area contributed by atoms with E-state index < -0.39 is 12.6 Å². The summed E-state index contributed by atoms with van der Waals surface area (Å²) in [4.78, 5) is 33.7. The van der Waals surface area contributed by atoms with E-state index >= 15 is 0 Å². The summed E-state index contributed by atoms with van der Waals surface area (Å²) in [5.74, 6) is -0.815. The van der Waals surface area contributed by atoms with Crippen LogP contribution in [0.1, 0.15) is 25.7 Å². The van der Waals surface area contributed by atoms with Crippen molar-refractivity contribution in [2.24, 2.45) is 5.92 Å². The van der Waals surface area contributed by atoms with E-state index in [2.05, 4.69) is 10.6 Å². The monoisotopic (exact) mass is 354 g/mol. The van der Waals surface area contributed by atoms with Crippen molar-refractivity contribution in [3.63, 3.8) is 0 Å². The number of anilines is 1. The molecule has 1 aliphatic rings. The van der Waals surface area contributed by atoms with Crippen molar-refractivity contribution in [1.82, 2.24) is 5.32 Å². The van der Waals surface area contributed by atoms with Gasteiger partial charge in [-0.2, -0.15) is 0 Å². The van der Waals surface area contributed by atoms with E-state index in [1.54, 1.807) is 6.07 Å². The minimum absolute atomic E-state index is 0.0686. The van der Waals surface area contributed by atoms with Gasteiger partial charge in [-0.25, -0.2) is 4.79 Å². The molecular weight excluding hydrogens is 336 g/mol. The highest BCUT2D eigenvalue weighted by atomic mass is 35.5. The van der Waals surface area contributed by atoms with Crippen LogP contribution in [0.15, 0.2) is 18.2 Å². The molecule has 130 valence electrons. The summed E-state index contributed by atoms with van der Waals surface area (Å²) < 4.78 is 5.00. The lowest BCUT2D eigenvalue weighted by Crippen LogP contribution is -2.26. The maximum atomic E-state index is 11.8. The van der Waals surface area contributed by atoms with Gasteiger partial charge in [0.2, 0.25) is 11.8 Å². The number of aliphatic carboxylic acids is 1. The predicted octanol–water partition coefficient (Wildman–Crippen LogP) is 2.05. The summed E-state index contributed by atoms with van der Waals surface area (Å²) in [6, 6.07) is 4.57. The van der Waals surface area contributed by atoms with Crippen LogP contribution in [0.5, 0.6) is 5.75 Å². The van der Waals surface area contributed by atoms with E-state index in [-0.39, 0.29) is 34.9 Å². The lowest BCUT2D eigenvalue weighted by molar-refractivity contribution is -0.139. The lowest BCUT2D eigenvalue weighted by Gasteiger charge is -2.09. The van der Waals surface area contributed by atoms with Crippen LogP contribution in [0, 0.1) is 5.92 Å². The number of ether oxygens (including phenoxy) is 1. The van der Waals surface area contributed by atoms with Crippen LogP contribution < -0.4 is 15.4 Å². The molecule has 2 amide bonds. The molecule has 0 heterocycles. The van der Waals surface area contributed by atoms with E-state index in [1.165, 1.54) is 12.1 Å². The molecule has 0 atom stereocenters. The number of halogens is 1. The second-order valence-electron chi connectivity index (χ2n) is 5.54. The lowest BCUT2D eigenvalue weighted by atomic mass is 10.2. The fourth-order valence-electron chi connectivity index (χ4n) is 2.01. The summed E-state index contributed by atoms with van der Waals surface area (Å²) in [6.45, 7) is -0.0104. The van der Waals surface area contributed by atoms with Gasteiger partial charge in [0.05, 0.1) is 5.02 Å². The summed E-state index contributed by atoms with van der Waals surface area (Å²) in [6.07, 6.45) is 2.75. The molecule has 2 rings (SSSR count). The Hall–Kier alpha value is -2.28. The van der Waals surface area contributed by atoms with Gasteiger partial charge >= 0.3 is 5.97 Å². The number of amides is 2. The number of hydrogen-bond acceptors (Lipinski definition) is 4. The highest BCUT2D eigenvalue weighted by molar-refractivity contribution is 6.32. The number of carbonyl (C=O) groups is 3. The van der Waals surface area contributed by atoms with E-state index in [1.807, 2.05) is 0 Å². The molecule has 0 radical (unpaired) electrons. The minimum Gasteiger partial charge on any atom is -0.480 e. The zero-order valence-electron chi connectivity index (χ0n) is 13.0. The molecule has 7 nitrogen and oxygen atoms in total. The third kappa shape index (κ3) is 6.08. The maximum absolute atomic E-state index is 11.8. The molecule has 1 aliphatic carbocycles. The molecule has 1 aromatic carbocycles. The fraction of sp³-hybridized carbons (Fsp3) is 0.438. The van der Waals surface area contributed by atoms with Crippen LogP contribution in [0.25, 0.3) is 0 Å². The topological polar surface area (TPSA) is 105 Å². The number of hydrogen-bond donors (Lipinski definition) is 3. The van der Waals surface area contributed by atoms with E-state index in [9.17, 15) is 14.4 Å². The smallest absolute Gasteiger partial charge is 0.341 e. The molecule has 0 aliphatic heterocycles. The Labute approximate surface area is 144 Å². The van der Waals surface area contributed by atoms with Crippen molar-refractivity contribution in [3.05, 3.63) is 23.2 Å². The first-order valence-electron chi connectivity index (χ1n) is 7.67. The fourth-order valence-corrected chi connectivity index (χ4v) is 2.24. The van der Waals surface area contributed by atoms with Crippen LogP contribution in [0.3, 0.4) is 0 Å². The summed E-state index contributed by atoms with van der Waals surface area (Å²) >= 11 is 5.98. The highest BCUT2D eigenvalue weighted by Gasteiger charge is 2.28. The van der Waals surface area contributed by atoms with Crippen LogP contribution >= 0.6 is 11.6 Å². The summed E-state index contributed by atoms with van der Waals surface area (Å²) in [7, 11) is 0. The molecule has 8 heteroatoms. The zero-order valence-corrected chi connectivity index (χ0v) is 13.8. The first-order chi connectivity index (χ1) is 11.5. The zero-order chi connectivity index (χ0) is 17.5. The number of carboxylic acids is 1. The minimum atomic E-state index is -1.10. The van der Waals surface area contributed by atoms with Gasteiger partial charge < -0.3 is 20.5 Å². The van der Waals surface area contributed by atoms with E-state index in [4.69, 9.17) is 21.4 Å². The quantitative estimate of drug-likeness (QED) is 0.589. The molecule has 0 spiro atoms. The van der Waals surface area contributed by atoms with Gasteiger partial charge in [-0.15, -0.1) is 0 Å².